The van der Waals surface area contributed by atoms with E-state index >= 15 is 0 Å². The van der Waals surface area contributed by atoms with Gasteiger partial charge in [-0.15, -0.1) is 0 Å². The topological polar surface area (TPSA) is 37.3 Å². The van der Waals surface area contributed by atoms with Gasteiger partial charge in [-0.25, -0.2) is 13.6 Å². The van der Waals surface area contributed by atoms with Gasteiger partial charge >= 0.3 is 6.03 Å². The molecule has 1 aliphatic heterocycles. The molecule has 5 rings (SSSR count). The third kappa shape index (κ3) is 3.75. The number of carbonyl (C=O) groups excluding carboxylic acids is 1. The number of amides is 2. The number of fused-ring (bicyclic) bond motifs is 3. The Balaban J connectivity index is 1.59. The van der Waals surface area contributed by atoms with E-state index < -0.39 is 17.7 Å². The first-order chi connectivity index (χ1) is 15.6. The fraction of sp³-hybridized carbons (Fsp3) is 0.115. The molecule has 0 unspecified atom stereocenters. The molecule has 2 amide bonds. The molecule has 4 nitrogen and oxygen atoms in total. The number of urea groups is 1. The largest absolute Gasteiger partial charge is 0.334 e. The molecule has 2 heterocycles. The van der Waals surface area contributed by atoms with Gasteiger partial charge in [0.2, 0.25) is 0 Å². The summed E-state index contributed by atoms with van der Waals surface area (Å²) in [5, 5.41) is 2.97. The summed E-state index contributed by atoms with van der Waals surface area (Å²) in [4.78, 5) is 15.1. The second kappa shape index (κ2) is 8.30. The second-order valence-corrected chi connectivity index (χ2v) is 7.81. The molecule has 4 aromatic rings. The van der Waals surface area contributed by atoms with E-state index in [0.717, 1.165) is 28.6 Å². The summed E-state index contributed by atoms with van der Waals surface area (Å²) in [7, 11) is 0. The Morgan fingerprint density at radius 3 is 2.41 bits per heavy atom. The van der Waals surface area contributed by atoms with Crippen molar-refractivity contribution in [2.45, 2.75) is 19.1 Å². The van der Waals surface area contributed by atoms with Crippen molar-refractivity contribution in [1.29, 1.82) is 0 Å². The van der Waals surface area contributed by atoms with E-state index in [1.807, 2.05) is 77.5 Å². The van der Waals surface area contributed by atoms with Crippen LogP contribution >= 0.6 is 0 Å². The van der Waals surface area contributed by atoms with Crippen LogP contribution < -0.4 is 5.32 Å². The molecule has 1 atom stereocenters. The molecule has 0 radical (unpaired) electrons. The van der Waals surface area contributed by atoms with Gasteiger partial charge in [-0.2, -0.15) is 0 Å². The van der Waals surface area contributed by atoms with Crippen LogP contribution in [0.15, 0.2) is 91.1 Å². The Bertz CT molecular complexity index is 1250. The molecular formula is C26H21F2N3O. The van der Waals surface area contributed by atoms with Gasteiger partial charge in [-0.05, 0) is 47.0 Å². The zero-order chi connectivity index (χ0) is 22.1. The van der Waals surface area contributed by atoms with Crippen LogP contribution in [0.5, 0.6) is 0 Å². The van der Waals surface area contributed by atoms with Gasteiger partial charge in [-0.3, -0.25) is 0 Å². The lowest BCUT2D eigenvalue weighted by atomic mass is 10.0. The number of halogens is 2. The van der Waals surface area contributed by atoms with Gasteiger partial charge < -0.3 is 14.8 Å². The van der Waals surface area contributed by atoms with Crippen molar-refractivity contribution in [1.82, 2.24) is 14.8 Å². The van der Waals surface area contributed by atoms with Crippen molar-refractivity contribution in [2.75, 3.05) is 0 Å². The molecule has 0 spiro atoms. The Kier molecular flexibility index (Phi) is 5.19. The average molecular weight is 429 g/mol. The Labute approximate surface area is 184 Å². The van der Waals surface area contributed by atoms with Crippen molar-refractivity contribution in [2.24, 2.45) is 0 Å². The van der Waals surface area contributed by atoms with Crippen LogP contribution in [0.2, 0.25) is 0 Å². The van der Waals surface area contributed by atoms with Crippen LogP contribution in [0.4, 0.5) is 13.6 Å². The maximum absolute atomic E-state index is 14.2. The van der Waals surface area contributed by atoms with Crippen LogP contribution in [0.25, 0.3) is 5.69 Å². The van der Waals surface area contributed by atoms with Crippen molar-refractivity contribution < 1.29 is 13.6 Å². The van der Waals surface area contributed by atoms with Gasteiger partial charge in [-0.1, -0.05) is 48.5 Å². The number of hydrogen-bond donors (Lipinski definition) is 1. The number of para-hydroxylation sites is 1. The maximum Gasteiger partial charge on any atom is 0.318 e. The van der Waals surface area contributed by atoms with Crippen LogP contribution in [-0.2, 0) is 13.1 Å². The van der Waals surface area contributed by atoms with Crippen molar-refractivity contribution in [3.8, 4) is 5.69 Å². The summed E-state index contributed by atoms with van der Waals surface area (Å²) < 4.78 is 30.3. The molecule has 1 aliphatic rings. The lowest BCUT2D eigenvalue weighted by molar-refractivity contribution is 0.180. The van der Waals surface area contributed by atoms with Gasteiger partial charge in [0.1, 0.15) is 11.6 Å². The molecule has 0 fully saturated rings. The number of hydrogen-bond acceptors (Lipinski definition) is 1. The minimum atomic E-state index is -0.676. The first kappa shape index (κ1) is 20.0. The van der Waals surface area contributed by atoms with E-state index in [-0.39, 0.29) is 6.03 Å². The molecule has 0 aliphatic carbocycles. The van der Waals surface area contributed by atoms with Crippen molar-refractivity contribution in [3.05, 3.63) is 125 Å². The molecule has 1 N–H and O–H groups in total. The first-order valence-corrected chi connectivity index (χ1v) is 10.4. The SMILES string of the molecule is O=C(NCc1ccccc1)N1Cc2ccccc2-n2cccc2[C@H]1c1cc(F)cc(F)c1. The van der Waals surface area contributed by atoms with E-state index in [9.17, 15) is 13.6 Å². The van der Waals surface area contributed by atoms with E-state index in [2.05, 4.69) is 5.32 Å². The third-order valence-corrected chi connectivity index (χ3v) is 5.71. The van der Waals surface area contributed by atoms with Crippen molar-refractivity contribution in [3.63, 3.8) is 0 Å². The average Bonchev–Trinajstić information content (AvgIpc) is 3.21. The predicted octanol–water partition coefficient (Wildman–Crippen LogP) is 5.57. The number of nitrogens with one attached hydrogen (secondary N) is 1. The highest BCUT2D eigenvalue weighted by molar-refractivity contribution is 5.76. The summed E-state index contributed by atoms with van der Waals surface area (Å²) in [6.07, 6.45) is 1.90. The van der Waals surface area contributed by atoms with E-state index in [1.54, 1.807) is 4.90 Å². The maximum atomic E-state index is 14.2. The van der Waals surface area contributed by atoms with Gasteiger partial charge in [0.25, 0.3) is 0 Å². The molecule has 3 aromatic carbocycles. The van der Waals surface area contributed by atoms with Crippen LogP contribution in [0.1, 0.15) is 28.4 Å². The summed E-state index contributed by atoms with van der Waals surface area (Å²) in [6.45, 7) is 0.643. The minimum Gasteiger partial charge on any atom is -0.334 e. The van der Waals surface area contributed by atoms with Crippen LogP contribution in [0.3, 0.4) is 0 Å². The highest BCUT2D eigenvalue weighted by atomic mass is 19.1. The Hall–Kier alpha value is -3.93. The highest BCUT2D eigenvalue weighted by Gasteiger charge is 2.33. The van der Waals surface area contributed by atoms with Crippen LogP contribution in [-0.4, -0.2) is 15.5 Å². The predicted molar refractivity (Wildman–Crippen MR) is 118 cm³/mol. The lowest BCUT2D eigenvalue weighted by Crippen LogP contribution is -2.41. The molecule has 160 valence electrons. The summed E-state index contributed by atoms with van der Waals surface area (Å²) in [6, 6.07) is 23.6. The van der Waals surface area contributed by atoms with E-state index in [4.69, 9.17) is 0 Å². The number of aromatic nitrogens is 1. The van der Waals surface area contributed by atoms with Gasteiger partial charge in [0.15, 0.2) is 0 Å². The minimum absolute atomic E-state index is 0.293. The number of benzene rings is 3. The molecule has 0 saturated carbocycles. The van der Waals surface area contributed by atoms with E-state index in [1.165, 1.54) is 12.1 Å². The lowest BCUT2D eigenvalue weighted by Gasteiger charge is -2.31. The zero-order valence-electron chi connectivity index (χ0n) is 17.2. The summed E-state index contributed by atoms with van der Waals surface area (Å²) in [5.41, 5.74) is 3.99. The smallest absolute Gasteiger partial charge is 0.318 e. The quantitative estimate of drug-likeness (QED) is 0.454. The summed E-state index contributed by atoms with van der Waals surface area (Å²) >= 11 is 0. The first-order valence-electron chi connectivity index (χ1n) is 10.4. The summed E-state index contributed by atoms with van der Waals surface area (Å²) in [5.74, 6) is -1.35. The zero-order valence-corrected chi connectivity index (χ0v) is 17.2. The number of nitrogens with zero attached hydrogens (tertiary/aromatic N) is 2. The highest BCUT2D eigenvalue weighted by Crippen LogP contribution is 2.37. The number of carbonyl (C=O) groups is 1. The normalized spacial score (nSPS) is 14.9. The fourth-order valence-corrected chi connectivity index (χ4v) is 4.30. The molecular weight excluding hydrogens is 408 g/mol. The van der Waals surface area contributed by atoms with E-state index in [0.29, 0.717) is 18.7 Å². The molecule has 6 heteroatoms. The van der Waals surface area contributed by atoms with Gasteiger partial charge in [0, 0.05) is 24.5 Å². The molecule has 0 saturated heterocycles. The molecule has 32 heavy (non-hydrogen) atoms. The monoisotopic (exact) mass is 429 g/mol. The molecule has 0 bridgehead atoms. The van der Waals surface area contributed by atoms with Gasteiger partial charge in [0.05, 0.1) is 18.3 Å². The third-order valence-electron chi connectivity index (χ3n) is 5.71. The van der Waals surface area contributed by atoms with Crippen molar-refractivity contribution >= 4 is 6.03 Å². The second-order valence-electron chi connectivity index (χ2n) is 7.81. The van der Waals surface area contributed by atoms with Crippen LogP contribution in [0, 0.1) is 11.6 Å². The molecule has 1 aromatic heterocycles. The fourth-order valence-electron chi connectivity index (χ4n) is 4.30. The standard InChI is InChI=1S/C26H21F2N3O/c27-21-13-20(14-22(28)15-21)25-24-11-6-12-30(24)23-10-5-4-9-19(23)17-31(25)26(32)29-16-18-7-2-1-3-8-18/h1-15,25H,16-17H2,(H,29,32)/t25-/m1/s1. The Morgan fingerprint density at radius 1 is 0.906 bits per heavy atom. The number of rotatable bonds is 3. The Morgan fingerprint density at radius 2 is 1.62 bits per heavy atom.